The maximum absolute atomic E-state index is 9.67. The Morgan fingerprint density at radius 3 is 2.55 bits per heavy atom. The van der Waals surface area contributed by atoms with Crippen molar-refractivity contribution in [2.75, 3.05) is 5.32 Å². The zero-order chi connectivity index (χ0) is 14.6. The van der Waals surface area contributed by atoms with E-state index < -0.39 is 5.54 Å². The summed E-state index contributed by atoms with van der Waals surface area (Å²) >= 11 is 5.89. The highest BCUT2D eigenvalue weighted by molar-refractivity contribution is 6.30. The number of nitriles is 1. The maximum atomic E-state index is 9.67. The summed E-state index contributed by atoms with van der Waals surface area (Å²) in [5.74, 6) is 0. The highest BCUT2D eigenvalue weighted by atomic mass is 35.5. The van der Waals surface area contributed by atoms with Crippen LogP contribution in [0.25, 0.3) is 0 Å². The molecule has 1 unspecified atom stereocenters. The number of halogens is 1. The van der Waals surface area contributed by atoms with Crippen LogP contribution in [0, 0.1) is 18.3 Å². The van der Waals surface area contributed by atoms with E-state index >= 15 is 0 Å². The van der Waals surface area contributed by atoms with Crippen LogP contribution < -0.4 is 5.32 Å². The largest absolute Gasteiger partial charge is 0.364 e. The smallest absolute Gasteiger partial charge is 0.152 e. The Morgan fingerprint density at radius 2 is 2.00 bits per heavy atom. The van der Waals surface area contributed by atoms with Crippen molar-refractivity contribution in [1.29, 1.82) is 5.26 Å². The fourth-order valence-electron chi connectivity index (χ4n) is 2.10. The summed E-state index contributed by atoms with van der Waals surface area (Å²) in [7, 11) is 0. The molecule has 0 fully saturated rings. The van der Waals surface area contributed by atoms with Crippen LogP contribution >= 0.6 is 11.6 Å². The minimum Gasteiger partial charge on any atom is -0.364 e. The van der Waals surface area contributed by atoms with Gasteiger partial charge in [-0.05, 0) is 49.2 Å². The summed E-state index contributed by atoms with van der Waals surface area (Å²) in [5.41, 5.74) is 1.98. The number of hydrogen-bond acceptors (Lipinski definition) is 3. The van der Waals surface area contributed by atoms with Crippen LogP contribution in [0.4, 0.5) is 5.69 Å². The molecule has 1 atom stereocenters. The lowest BCUT2D eigenvalue weighted by Gasteiger charge is -2.28. The molecule has 0 saturated carbocycles. The monoisotopic (exact) mass is 285 g/mol. The van der Waals surface area contributed by atoms with Crippen molar-refractivity contribution in [2.45, 2.75) is 25.8 Å². The van der Waals surface area contributed by atoms with Gasteiger partial charge in [0.2, 0.25) is 0 Å². The van der Waals surface area contributed by atoms with Gasteiger partial charge in [-0.1, -0.05) is 18.5 Å². The van der Waals surface area contributed by atoms with E-state index in [2.05, 4.69) is 16.4 Å². The minimum atomic E-state index is -0.785. The first-order valence-electron chi connectivity index (χ1n) is 6.47. The van der Waals surface area contributed by atoms with Crippen LogP contribution in [0.1, 0.15) is 24.5 Å². The lowest BCUT2D eigenvalue weighted by atomic mass is 9.89. The molecule has 0 radical (unpaired) electrons. The molecule has 20 heavy (non-hydrogen) atoms. The molecule has 0 bridgehead atoms. The van der Waals surface area contributed by atoms with E-state index in [1.807, 2.05) is 32.0 Å². The number of aryl methyl sites for hydroxylation is 1. The second-order valence-electron chi connectivity index (χ2n) is 4.75. The van der Waals surface area contributed by atoms with Crippen molar-refractivity contribution in [3.8, 4) is 6.07 Å². The second kappa shape index (κ2) is 5.94. The maximum Gasteiger partial charge on any atom is 0.152 e. The van der Waals surface area contributed by atoms with E-state index in [1.54, 1.807) is 24.5 Å². The van der Waals surface area contributed by atoms with Crippen molar-refractivity contribution < 1.29 is 0 Å². The first-order chi connectivity index (χ1) is 9.59. The molecule has 0 spiro atoms. The highest BCUT2D eigenvalue weighted by Gasteiger charge is 2.30. The molecule has 0 amide bonds. The molecule has 3 nitrogen and oxygen atoms in total. The topological polar surface area (TPSA) is 48.7 Å². The Bertz CT molecular complexity index is 631. The summed E-state index contributed by atoms with van der Waals surface area (Å²) in [6.45, 7) is 3.95. The number of rotatable bonds is 4. The van der Waals surface area contributed by atoms with Crippen LogP contribution in [0.15, 0.2) is 42.7 Å². The van der Waals surface area contributed by atoms with Crippen molar-refractivity contribution in [3.63, 3.8) is 0 Å². The van der Waals surface area contributed by atoms with Gasteiger partial charge in [0.1, 0.15) is 0 Å². The molecule has 0 aliphatic heterocycles. The second-order valence-corrected chi connectivity index (χ2v) is 5.19. The van der Waals surface area contributed by atoms with Crippen LogP contribution in [0.5, 0.6) is 0 Å². The fraction of sp³-hybridized carbons (Fsp3) is 0.250. The van der Waals surface area contributed by atoms with Crippen molar-refractivity contribution in [3.05, 3.63) is 58.9 Å². The third kappa shape index (κ3) is 2.92. The molecule has 1 N–H and O–H groups in total. The number of aromatic nitrogens is 1. The number of hydrogen-bond donors (Lipinski definition) is 1. The zero-order valence-corrected chi connectivity index (χ0v) is 12.3. The highest BCUT2D eigenvalue weighted by Crippen LogP contribution is 2.29. The summed E-state index contributed by atoms with van der Waals surface area (Å²) in [6.07, 6.45) is 4.16. The molecule has 1 aromatic heterocycles. The third-order valence-electron chi connectivity index (χ3n) is 3.29. The van der Waals surface area contributed by atoms with Crippen molar-refractivity contribution in [2.24, 2.45) is 0 Å². The van der Waals surface area contributed by atoms with Crippen LogP contribution in [0.3, 0.4) is 0 Å². The van der Waals surface area contributed by atoms with Gasteiger partial charge < -0.3 is 5.32 Å². The average Bonchev–Trinajstić information content (AvgIpc) is 2.47. The first-order valence-corrected chi connectivity index (χ1v) is 6.84. The van der Waals surface area contributed by atoms with E-state index in [9.17, 15) is 5.26 Å². The van der Waals surface area contributed by atoms with Crippen LogP contribution in [-0.4, -0.2) is 4.98 Å². The van der Waals surface area contributed by atoms with Gasteiger partial charge in [-0.3, -0.25) is 4.98 Å². The Kier molecular flexibility index (Phi) is 4.26. The molecule has 2 rings (SSSR count). The van der Waals surface area contributed by atoms with Gasteiger partial charge in [-0.2, -0.15) is 5.26 Å². The molecule has 1 aromatic carbocycles. The van der Waals surface area contributed by atoms with E-state index in [0.29, 0.717) is 11.4 Å². The quantitative estimate of drug-likeness (QED) is 0.912. The van der Waals surface area contributed by atoms with Gasteiger partial charge in [-0.25, -0.2) is 0 Å². The Labute approximate surface area is 124 Å². The summed E-state index contributed by atoms with van der Waals surface area (Å²) in [4.78, 5) is 4.19. The van der Waals surface area contributed by atoms with Crippen molar-refractivity contribution in [1.82, 2.24) is 4.98 Å². The molecule has 1 heterocycles. The van der Waals surface area contributed by atoms with Gasteiger partial charge in [0.05, 0.1) is 6.07 Å². The lowest BCUT2D eigenvalue weighted by molar-refractivity contribution is 0.601. The van der Waals surface area contributed by atoms with Gasteiger partial charge in [-0.15, -0.1) is 0 Å². The molecular weight excluding hydrogens is 270 g/mol. The Hall–Kier alpha value is -2.05. The number of benzene rings is 1. The Morgan fingerprint density at radius 1 is 1.30 bits per heavy atom. The standard InChI is InChI=1S/C16H16ClN3/c1-3-16(11-18,13-8-12(2)9-19-10-13)20-15-6-4-14(17)5-7-15/h4-10,20H,3H2,1-2H3. The fourth-order valence-corrected chi connectivity index (χ4v) is 2.23. The predicted octanol–water partition coefficient (Wildman–Crippen LogP) is 4.28. The summed E-state index contributed by atoms with van der Waals surface area (Å²) < 4.78 is 0. The first kappa shape index (κ1) is 14.4. The Balaban J connectivity index is 2.40. The molecule has 0 aliphatic carbocycles. The van der Waals surface area contributed by atoms with Gasteiger partial charge in [0, 0.05) is 28.7 Å². The van der Waals surface area contributed by atoms with Crippen LogP contribution in [0.2, 0.25) is 5.02 Å². The number of pyridine rings is 1. The molecular formula is C16H16ClN3. The molecule has 0 aliphatic rings. The van der Waals surface area contributed by atoms with E-state index in [4.69, 9.17) is 11.6 Å². The normalized spacial score (nSPS) is 13.3. The van der Waals surface area contributed by atoms with E-state index in [-0.39, 0.29) is 0 Å². The lowest BCUT2D eigenvalue weighted by Crippen LogP contribution is -2.33. The van der Waals surface area contributed by atoms with Gasteiger partial charge in [0.25, 0.3) is 0 Å². The van der Waals surface area contributed by atoms with Gasteiger partial charge >= 0.3 is 0 Å². The number of nitrogens with one attached hydrogen (secondary N) is 1. The van der Waals surface area contributed by atoms with Gasteiger partial charge in [0.15, 0.2) is 5.54 Å². The average molecular weight is 286 g/mol. The number of anilines is 1. The molecule has 4 heteroatoms. The molecule has 0 saturated heterocycles. The van der Waals surface area contributed by atoms with Crippen LogP contribution in [-0.2, 0) is 5.54 Å². The van der Waals surface area contributed by atoms with E-state index in [0.717, 1.165) is 16.8 Å². The molecule has 102 valence electrons. The minimum absolute atomic E-state index is 0.636. The van der Waals surface area contributed by atoms with Crippen molar-refractivity contribution >= 4 is 17.3 Å². The summed E-state index contributed by atoms with van der Waals surface area (Å²) in [5, 5.41) is 13.6. The zero-order valence-electron chi connectivity index (χ0n) is 11.5. The SMILES string of the molecule is CCC(C#N)(Nc1ccc(Cl)cc1)c1cncc(C)c1. The summed E-state index contributed by atoms with van der Waals surface area (Å²) in [6, 6.07) is 11.7. The molecule has 2 aromatic rings. The van der Waals surface area contributed by atoms with E-state index in [1.165, 1.54) is 0 Å². The predicted molar refractivity (Wildman–Crippen MR) is 81.6 cm³/mol. The number of nitrogens with zero attached hydrogens (tertiary/aromatic N) is 2. The third-order valence-corrected chi connectivity index (χ3v) is 3.54.